The summed E-state index contributed by atoms with van der Waals surface area (Å²) in [6.07, 6.45) is 0.120. The Morgan fingerprint density at radius 1 is 1.16 bits per heavy atom. The third-order valence-electron chi connectivity index (χ3n) is 5.47. The zero-order valence-corrected chi connectivity index (χ0v) is 19.3. The first-order chi connectivity index (χ1) is 14.8. The highest BCUT2D eigenvalue weighted by Crippen LogP contribution is 2.41. The van der Waals surface area contributed by atoms with Gasteiger partial charge in [-0.3, -0.25) is 4.79 Å². The SMILES string of the molecule is COc1ccccc1CC(=O)N=C1SC2CS(=O)(=O)CC2N1c1ccc(N(C)C)cc1. The molecule has 0 N–H and O–H groups in total. The van der Waals surface area contributed by atoms with Gasteiger partial charge in [0.25, 0.3) is 5.91 Å². The molecule has 1 amide bonds. The van der Waals surface area contributed by atoms with Gasteiger partial charge < -0.3 is 14.5 Å². The van der Waals surface area contributed by atoms with E-state index in [0.29, 0.717) is 10.9 Å². The molecule has 2 aromatic rings. The number of nitrogens with zero attached hydrogens (tertiary/aromatic N) is 3. The fraction of sp³-hybridized carbons (Fsp3) is 0.364. The average Bonchev–Trinajstić information content (AvgIpc) is 3.19. The molecule has 2 saturated heterocycles. The Morgan fingerprint density at radius 3 is 2.55 bits per heavy atom. The molecular formula is C22H25N3O4S2. The molecule has 2 heterocycles. The second kappa shape index (κ2) is 8.55. The summed E-state index contributed by atoms with van der Waals surface area (Å²) in [6, 6.07) is 15.0. The molecule has 31 heavy (non-hydrogen) atoms. The van der Waals surface area contributed by atoms with Gasteiger partial charge in [0.1, 0.15) is 5.75 Å². The third-order valence-corrected chi connectivity index (χ3v) is 8.68. The number of hydrogen-bond acceptors (Lipinski definition) is 6. The smallest absolute Gasteiger partial charge is 0.252 e. The number of hydrogen-bond donors (Lipinski definition) is 0. The van der Waals surface area contributed by atoms with E-state index in [9.17, 15) is 13.2 Å². The van der Waals surface area contributed by atoms with Crippen LogP contribution >= 0.6 is 11.8 Å². The zero-order valence-electron chi connectivity index (χ0n) is 17.7. The summed E-state index contributed by atoms with van der Waals surface area (Å²) in [5.41, 5.74) is 2.65. The number of para-hydroxylation sites is 1. The predicted molar refractivity (Wildman–Crippen MR) is 126 cm³/mol. The molecule has 0 radical (unpaired) electrons. The number of methoxy groups -OCH3 is 1. The molecule has 0 aliphatic carbocycles. The molecule has 2 atom stereocenters. The van der Waals surface area contributed by atoms with Crippen LogP contribution in [0.2, 0.25) is 0 Å². The number of thioether (sulfide) groups is 1. The first kappa shape index (κ1) is 21.7. The van der Waals surface area contributed by atoms with Gasteiger partial charge in [0.15, 0.2) is 15.0 Å². The van der Waals surface area contributed by atoms with Crippen molar-refractivity contribution < 1.29 is 17.9 Å². The van der Waals surface area contributed by atoms with Crippen molar-refractivity contribution in [3.63, 3.8) is 0 Å². The summed E-state index contributed by atoms with van der Waals surface area (Å²) in [6.45, 7) is 0. The molecule has 164 valence electrons. The van der Waals surface area contributed by atoms with Crippen LogP contribution in [-0.2, 0) is 21.1 Å². The van der Waals surface area contributed by atoms with Crippen molar-refractivity contribution in [2.24, 2.45) is 4.99 Å². The lowest BCUT2D eigenvalue weighted by molar-refractivity contribution is -0.117. The highest BCUT2D eigenvalue weighted by atomic mass is 32.2. The average molecular weight is 460 g/mol. The molecule has 2 fully saturated rings. The van der Waals surface area contributed by atoms with Crippen LogP contribution < -0.4 is 14.5 Å². The van der Waals surface area contributed by atoms with Crippen LogP contribution in [-0.4, -0.2) is 63.5 Å². The number of fused-ring (bicyclic) bond motifs is 1. The van der Waals surface area contributed by atoms with Crippen LogP contribution in [0.3, 0.4) is 0 Å². The normalized spacial score (nSPS) is 23.1. The maximum Gasteiger partial charge on any atom is 0.252 e. The number of sulfone groups is 1. The predicted octanol–water partition coefficient (Wildman–Crippen LogP) is 2.61. The van der Waals surface area contributed by atoms with E-state index in [1.165, 1.54) is 11.8 Å². The van der Waals surface area contributed by atoms with E-state index in [4.69, 9.17) is 4.74 Å². The quantitative estimate of drug-likeness (QED) is 0.680. The Morgan fingerprint density at radius 2 is 1.87 bits per heavy atom. The molecular weight excluding hydrogens is 434 g/mol. The van der Waals surface area contributed by atoms with E-state index in [1.54, 1.807) is 7.11 Å². The van der Waals surface area contributed by atoms with E-state index in [2.05, 4.69) is 4.99 Å². The molecule has 2 unspecified atom stereocenters. The molecule has 7 nitrogen and oxygen atoms in total. The molecule has 0 aromatic heterocycles. The van der Waals surface area contributed by atoms with Crippen molar-refractivity contribution in [3.8, 4) is 5.75 Å². The fourth-order valence-corrected chi connectivity index (χ4v) is 7.87. The lowest BCUT2D eigenvalue weighted by Crippen LogP contribution is -2.37. The van der Waals surface area contributed by atoms with Gasteiger partial charge in [0.05, 0.1) is 31.1 Å². The minimum atomic E-state index is -3.10. The summed E-state index contributed by atoms with van der Waals surface area (Å²) < 4.78 is 29.8. The molecule has 0 saturated carbocycles. The van der Waals surface area contributed by atoms with Crippen molar-refractivity contribution in [3.05, 3.63) is 54.1 Å². The van der Waals surface area contributed by atoms with E-state index in [1.807, 2.05) is 72.4 Å². The Kier molecular flexibility index (Phi) is 5.98. The Hall–Kier alpha value is -2.52. The molecule has 0 spiro atoms. The van der Waals surface area contributed by atoms with Gasteiger partial charge in [-0.05, 0) is 30.3 Å². The topological polar surface area (TPSA) is 79.3 Å². The summed E-state index contributed by atoms with van der Waals surface area (Å²) in [5, 5.41) is 0.429. The van der Waals surface area contributed by atoms with Gasteiger partial charge in [0, 0.05) is 36.3 Å². The van der Waals surface area contributed by atoms with Gasteiger partial charge in [0.2, 0.25) is 0 Å². The maximum absolute atomic E-state index is 12.8. The van der Waals surface area contributed by atoms with E-state index in [-0.39, 0.29) is 35.1 Å². The number of carbonyl (C=O) groups excluding carboxylic acids is 1. The van der Waals surface area contributed by atoms with Gasteiger partial charge >= 0.3 is 0 Å². The zero-order chi connectivity index (χ0) is 22.2. The van der Waals surface area contributed by atoms with Gasteiger partial charge in [-0.15, -0.1) is 0 Å². The molecule has 2 aliphatic heterocycles. The lowest BCUT2D eigenvalue weighted by atomic mass is 10.1. The summed E-state index contributed by atoms with van der Waals surface area (Å²) >= 11 is 1.38. The number of aliphatic imine (C=N–C) groups is 1. The number of rotatable bonds is 5. The summed E-state index contributed by atoms with van der Waals surface area (Å²) in [4.78, 5) is 21.1. The number of amides is 1. The number of ether oxygens (including phenoxy) is 1. The van der Waals surface area contributed by atoms with Crippen LogP contribution in [0.25, 0.3) is 0 Å². The first-order valence-electron chi connectivity index (χ1n) is 9.94. The van der Waals surface area contributed by atoms with E-state index < -0.39 is 9.84 Å². The van der Waals surface area contributed by atoms with Crippen molar-refractivity contribution in [2.45, 2.75) is 17.7 Å². The van der Waals surface area contributed by atoms with Crippen molar-refractivity contribution in [1.82, 2.24) is 0 Å². The maximum atomic E-state index is 12.8. The Bertz CT molecular complexity index is 1110. The van der Waals surface area contributed by atoms with Gasteiger partial charge in [-0.25, -0.2) is 8.42 Å². The number of carbonyl (C=O) groups is 1. The molecule has 2 aliphatic rings. The largest absolute Gasteiger partial charge is 0.496 e. The molecule has 9 heteroatoms. The van der Waals surface area contributed by atoms with Crippen LogP contribution in [0.4, 0.5) is 11.4 Å². The standard InChI is InChI=1S/C22H25N3O4S2/c1-24(2)16-8-10-17(11-9-16)25-18-13-31(27,28)14-20(18)30-22(25)23-21(26)12-15-6-4-5-7-19(15)29-3/h4-11,18,20H,12-14H2,1-3H3. The fourth-order valence-electron chi connectivity index (χ4n) is 3.94. The van der Waals surface area contributed by atoms with Crippen LogP contribution in [0, 0.1) is 0 Å². The number of benzene rings is 2. The van der Waals surface area contributed by atoms with Crippen LogP contribution in [0.15, 0.2) is 53.5 Å². The highest BCUT2D eigenvalue weighted by molar-refractivity contribution is 8.16. The molecule has 4 rings (SSSR count). The van der Waals surface area contributed by atoms with Crippen LogP contribution in [0.1, 0.15) is 5.56 Å². The van der Waals surface area contributed by atoms with Crippen LogP contribution in [0.5, 0.6) is 5.75 Å². The van der Waals surface area contributed by atoms with Crippen molar-refractivity contribution in [2.75, 3.05) is 42.5 Å². The summed E-state index contributed by atoms with van der Waals surface area (Å²) in [5.74, 6) is 0.535. The van der Waals surface area contributed by atoms with E-state index in [0.717, 1.165) is 16.9 Å². The Labute approximate surface area is 187 Å². The monoisotopic (exact) mass is 459 g/mol. The second-order valence-corrected chi connectivity index (χ2v) is 11.2. The second-order valence-electron chi connectivity index (χ2n) is 7.86. The number of amidine groups is 1. The molecule has 0 bridgehead atoms. The lowest BCUT2D eigenvalue weighted by Gasteiger charge is -2.25. The third kappa shape index (κ3) is 4.57. The first-order valence-corrected chi connectivity index (χ1v) is 12.6. The van der Waals surface area contributed by atoms with Gasteiger partial charge in [-0.1, -0.05) is 30.0 Å². The van der Waals surface area contributed by atoms with Crippen molar-refractivity contribution in [1.29, 1.82) is 0 Å². The van der Waals surface area contributed by atoms with Gasteiger partial charge in [-0.2, -0.15) is 4.99 Å². The van der Waals surface area contributed by atoms with E-state index >= 15 is 0 Å². The summed E-state index contributed by atoms with van der Waals surface area (Å²) in [7, 11) is 2.39. The Balaban J connectivity index is 1.64. The minimum Gasteiger partial charge on any atom is -0.496 e. The molecule has 2 aromatic carbocycles. The van der Waals surface area contributed by atoms with Crippen molar-refractivity contribution >= 4 is 44.0 Å². The minimum absolute atomic E-state index is 0.0693. The highest BCUT2D eigenvalue weighted by Gasteiger charge is 2.49. The number of anilines is 2.